The molecule has 0 fully saturated rings. The van der Waals surface area contributed by atoms with E-state index in [0.29, 0.717) is 12.8 Å². The molecule has 0 aliphatic heterocycles. The Morgan fingerprint density at radius 2 is 1.63 bits per heavy atom. The van der Waals surface area contributed by atoms with E-state index in [2.05, 4.69) is 16.7 Å². The Kier molecular flexibility index (Phi) is 7.12. The second-order valence-corrected chi connectivity index (χ2v) is 7.59. The summed E-state index contributed by atoms with van der Waals surface area (Å²) in [4.78, 5) is 0. The van der Waals surface area contributed by atoms with Gasteiger partial charge in [-0.25, -0.2) is 0 Å². The maximum Gasteiger partial charge on any atom is 0.416 e. The van der Waals surface area contributed by atoms with Gasteiger partial charge in [0.2, 0.25) is 0 Å². The number of nitrogens with two attached hydrogens (primary N) is 1. The molecule has 2 rings (SSSR count). The van der Waals surface area contributed by atoms with Crippen molar-refractivity contribution in [2.24, 2.45) is 12.8 Å². The van der Waals surface area contributed by atoms with Crippen molar-refractivity contribution in [2.75, 3.05) is 6.61 Å². The normalized spacial score (nSPS) is 14.3. The molecule has 27 heavy (non-hydrogen) atoms. The summed E-state index contributed by atoms with van der Waals surface area (Å²) >= 11 is 0. The van der Waals surface area contributed by atoms with Gasteiger partial charge in [0.15, 0.2) is 0 Å². The lowest BCUT2D eigenvalue weighted by atomic mass is 9.97. The number of halogens is 3. The van der Waals surface area contributed by atoms with Gasteiger partial charge in [-0.15, -0.1) is 0 Å². The average molecular weight is 382 g/mol. The van der Waals surface area contributed by atoms with Crippen LogP contribution < -0.4 is 5.73 Å². The van der Waals surface area contributed by atoms with Crippen LogP contribution in [-0.2, 0) is 32.5 Å². The van der Waals surface area contributed by atoms with E-state index in [1.165, 1.54) is 23.5 Å². The van der Waals surface area contributed by atoms with Crippen LogP contribution in [0.5, 0.6) is 0 Å². The molecule has 0 saturated carbocycles. The summed E-state index contributed by atoms with van der Waals surface area (Å²) in [6.07, 6.45) is 0.500. The first-order chi connectivity index (χ1) is 12.6. The number of hydrogen-bond donors (Lipinski definition) is 2. The molecule has 1 unspecified atom stereocenters. The summed E-state index contributed by atoms with van der Waals surface area (Å²) in [5, 5.41) is 9.25. The van der Waals surface area contributed by atoms with Crippen LogP contribution in [0.25, 0.3) is 0 Å². The lowest BCUT2D eigenvalue weighted by molar-refractivity contribution is -0.137. The third-order valence-electron chi connectivity index (χ3n) is 5.05. The number of unbranched alkanes of at least 4 members (excludes halogenated alkanes) is 1. The van der Waals surface area contributed by atoms with Crippen molar-refractivity contribution in [1.29, 1.82) is 0 Å². The van der Waals surface area contributed by atoms with Gasteiger partial charge < -0.3 is 15.4 Å². The van der Waals surface area contributed by atoms with E-state index in [1.54, 1.807) is 6.07 Å². The number of hydrogen-bond acceptors (Lipinski definition) is 2. The number of rotatable bonds is 9. The first kappa shape index (κ1) is 21.5. The Balaban J connectivity index is 1.83. The molecule has 3 N–H and O–H groups in total. The van der Waals surface area contributed by atoms with Crippen molar-refractivity contribution in [3.05, 3.63) is 58.9 Å². The molecular formula is C21H29F3N2O. The molecule has 6 heteroatoms. The monoisotopic (exact) mass is 382 g/mol. The summed E-state index contributed by atoms with van der Waals surface area (Å²) in [5.74, 6) is 0. The number of aryl methyl sites for hydroxylation is 3. The summed E-state index contributed by atoms with van der Waals surface area (Å²) in [7, 11) is 2.02. The molecule has 1 aromatic carbocycles. The molecule has 0 spiro atoms. The Bertz CT molecular complexity index is 735. The molecule has 0 aliphatic rings. The number of aliphatic hydroxyl groups is 1. The topological polar surface area (TPSA) is 51.2 Å². The van der Waals surface area contributed by atoms with Gasteiger partial charge in [-0.1, -0.05) is 18.2 Å². The molecule has 150 valence electrons. The second-order valence-electron chi connectivity index (χ2n) is 7.59. The summed E-state index contributed by atoms with van der Waals surface area (Å²) in [6.45, 7) is 1.80. The quantitative estimate of drug-likeness (QED) is 0.637. The number of nitrogens with zero attached hydrogens (tertiary/aromatic N) is 1. The van der Waals surface area contributed by atoms with Crippen molar-refractivity contribution in [3.8, 4) is 0 Å². The van der Waals surface area contributed by atoms with Crippen LogP contribution in [0.15, 0.2) is 36.4 Å². The molecular weight excluding hydrogens is 353 g/mol. The maximum absolute atomic E-state index is 12.8. The standard InChI is InChI=1S/C21H29F3N2O/c1-20(25,15-27)13-12-19-11-10-18(26(19)2)9-4-3-6-16-7-5-8-17(14-16)21(22,23)24/h5,7-8,10-11,14,27H,3-4,6,9,12-13,15,25H2,1-2H3. The van der Waals surface area contributed by atoms with Crippen molar-refractivity contribution in [3.63, 3.8) is 0 Å². The van der Waals surface area contributed by atoms with E-state index in [-0.39, 0.29) is 6.61 Å². The van der Waals surface area contributed by atoms with Crippen LogP contribution in [0.3, 0.4) is 0 Å². The molecule has 0 aliphatic carbocycles. The predicted molar refractivity (Wildman–Crippen MR) is 101 cm³/mol. The molecule has 0 amide bonds. The Hall–Kier alpha value is -1.79. The lowest BCUT2D eigenvalue weighted by Gasteiger charge is -2.21. The van der Waals surface area contributed by atoms with Crippen LogP contribution in [0, 0.1) is 0 Å². The molecule has 0 bridgehead atoms. The Labute approximate surface area is 159 Å². The largest absolute Gasteiger partial charge is 0.416 e. The highest BCUT2D eigenvalue weighted by atomic mass is 19.4. The lowest BCUT2D eigenvalue weighted by Crippen LogP contribution is -2.40. The van der Waals surface area contributed by atoms with Crippen molar-refractivity contribution < 1.29 is 18.3 Å². The maximum atomic E-state index is 12.8. The van der Waals surface area contributed by atoms with E-state index in [4.69, 9.17) is 5.73 Å². The zero-order chi connectivity index (χ0) is 20.1. The first-order valence-electron chi connectivity index (χ1n) is 9.32. The Morgan fingerprint density at radius 1 is 1.00 bits per heavy atom. The molecule has 1 heterocycles. The number of alkyl halides is 3. The van der Waals surface area contributed by atoms with Gasteiger partial charge in [0, 0.05) is 24.0 Å². The van der Waals surface area contributed by atoms with Crippen molar-refractivity contribution in [1.82, 2.24) is 4.57 Å². The van der Waals surface area contributed by atoms with Gasteiger partial charge in [-0.2, -0.15) is 13.2 Å². The average Bonchev–Trinajstić information content (AvgIpc) is 2.97. The molecule has 0 radical (unpaired) electrons. The third kappa shape index (κ3) is 6.40. The molecule has 0 saturated heterocycles. The van der Waals surface area contributed by atoms with Crippen LogP contribution in [0.1, 0.15) is 48.7 Å². The number of aliphatic hydroxyl groups excluding tert-OH is 1. The van der Waals surface area contributed by atoms with Gasteiger partial charge in [0.05, 0.1) is 12.2 Å². The van der Waals surface area contributed by atoms with E-state index in [1.807, 2.05) is 14.0 Å². The fourth-order valence-electron chi connectivity index (χ4n) is 3.13. The summed E-state index contributed by atoms with van der Waals surface area (Å²) < 4.78 is 40.4. The minimum absolute atomic E-state index is 0.0418. The minimum Gasteiger partial charge on any atom is -0.394 e. The fraction of sp³-hybridized carbons (Fsp3) is 0.524. The molecule has 3 nitrogen and oxygen atoms in total. The summed E-state index contributed by atoms with van der Waals surface area (Å²) in [5.41, 5.74) is 7.93. The van der Waals surface area contributed by atoms with Gasteiger partial charge in [0.1, 0.15) is 0 Å². The smallest absolute Gasteiger partial charge is 0.394 e. The number of aromatic nitrogens is 1. The molecule has 1 atom stereocenters. The van der Waals surface area contributed by atoms with Crippen LogP contribution in [0.2, 0.25) is 0 Å². The van der Waals surface area contributed by atoms with Crippen LogP contribution in [0.4, 0.5) is 13.2 Å². The van der Waals surface area contributed by atoms with Gasteiger partial charge in [-0.3, -0.25) is 0 Å². The van der Waals surface area contributed by atoms with E-state index in [0.717, 1.165) is 37.3 Å². The third-order valence-corrected chi connectivity index (χ3v) is 5.05. The van der Waals surface area contributed by atoms with Crippen LogP contribution in [-0.4, -0.2) is 21.8 Å². The molecule has 2 aromatic rings. The highest BCUT2D eigenvalue weighted by molar-refractivity contribution is 5.25. The van der Waals surface area contributed by atoms with E-state index in [9.17, 15) is 18.3 Å². The van der Waals surface area contributed by atoms with Crippen LogP contribution >= 0.6 is 0 Å². The SMILES string of the molecule is Cn1c(CCCCc2cccc(C(F)(F)F)c2)ccc1CCC(C)(N)CO. The van der Waals surface area contributed by atoms with Crippen molar-refractivity contribution >= 4 is 0 Å². The molecule has 1 aromatic heterocycles. The highest BCUT2D eigenvalue weighted by Crippen LogP contribution is 2.29. The summed E-state index contributed by atoms with van der Waals surface area (Å²) in [6, 6.07) is 9.74. The Morgan fingerprint density at radius 3 is 2.26 bits per heavy atom. The predicted octanol–water partition coefficient (Wildman–Crippen LogP) is 4.25. The first-order valence-corrected chi connectivity index (χ1v) is 9.32. The van der Waals surface area contributed by atoms with E-state index >= 15 is 0 Å². The van der Waals surface area contributed by atoms with E-state index < -0.39 is 17.3 Å². The second kappa shape index (κ2) is 8.93. The van der Waals surface area contributed by atoms with Gasteiger partial charge in [-0.05, 0) is 69.2 Å². The zero-order valence-corrected chi connectivity index (χ0v) is 16.0. The highest BCUT2D eigenvalue weighted by Gasteiger charge is 2.30. The van der Waals surface area contributed by atoms with Crippen molar-refractivity contribution in [2.45, 2.75) is 57.2 Å². The number of benzene rings is 1. The van der Waals surface area contributed by atoms with Gasteiger partial charge in [0.25, 0.3) is 0 Å². The van der Waals surface area contributed by atoms with Gasteiger partial charge >= 0.3 is 6.18 Å². The zero-order valence-electron chi connectivity index (χ0n) is 16.0. The minimum atomic E-state index is -4.29. The fourth-order valence-corrected chi connectivity index (χ4v) is 3.13.